The Bertz CT molecular complexity index is 555. The van der Waals surface area contributed by atoms with Crippen molar-refractivity contribution in [1.82, 2.24) is 10.3 Å². The van der Waals surface area contributed by atoms with Gasteiger partial charge in [-0.2, -0.15) is 0 Å². The molecule has 0 unspecified atom stereocenters. The van der Waals surface area contributed by atoms with Crippen LogP contribution in [0.2, 0.25) is 0 Å². The van der Waals surface area contributed by atoms with Crippen molar-refractivity contribution in [2.75, 3.05) is 0 Å². The van der Waals surface area contributed by atoms with Crippen LogP contribution in [0.3, 0.4) is 0 Å². The van der Waals surface area contributed by atoms with Crippen molar-refractivity contribution < 1.29 is 9.18 Å². The highest BCUT2D eigenvalue weighted by Crippen LogP contribution is 2.11. The lowest BCUT2D eigenvalue weighted by Crippen LogP contribution is -2.24. The number of nitrogens with zero attached hydrogens (tertiary/aromatic N) is 1. The number of nitrogens with one attached hydrogen (secondary N) is 1. The smallest absolute Gasteiger partial charge is 0.254 e. The molecule has 1 heterocycles. The van der Waals surface area contributed by atoms with E-state index in [1.165, 1.54) is 6.07 Å². The second-order valence-corrected chi connectivity index (χ2v) is 3.97. The fourth-order valence-corrected chi connectivity index (χ4v) is 1.60. The maximum atomic E-state index is 13.7. The molecule has 0 fully saturated rings. The van der Waals surface area contributed by atoms with Crippen LogP contribution in [0, 0.1) is 12.7 Å². The highest BCUT2D eigenvalue weighted by Gasteiger charge is 2.12. The Morgan fingerprint density at radius 3 is 2.72 bits per heavy atom. The third-order valence-electron chi connectivity index (χ3n) is 2.64. The summed E-state index contributed by atoms with van der Waals surface area (Å²) in [7, 11) is 0. The quantitative estimate of drug-likeness (QED) is 0.901. The molecule has 1 amide bonds. The first-order chi connectivity index (χ1) is 8.68. The molecule has 0 aliphatic carbocycles. The highest BCUT2D eigenvalue weighted by atomic mass is 19.1. The molecule has 2 aromatic rings. The van der Waals surface area contributed by atoms with E-state index >= 15 is 0 Å². The van der Waals surface area contributed by atoms with Gasteiger partial charge in [0, 0.05) is 18.9 Å². The predicted molar refractivity (Wildman–Crippen MR) is 66.5 cm³/mol. The first-order valence-corrected chi connectivity index (χ1v) is 5.60. The summed E-state index contributed by atoms with van der Waals surface area (Å²) in [6, 6.07) is 8.37. The van der Waals surface area contributed by atoms with Gasteiger partial charge in [0.15, 0.2) is 0 Å². The van der Waals surface area contributed by atoms with E-state index in [1.807, 2.05) is 0 Å². The molecule has 92 valence electrons. The van der Waals surface area contributed by atoms with Crippen molar-refractivity contribution in [2.24, 2.45) is 0 Å². The minimum atomic E-state index is -0.468. The maximum absolute atomic E-state index is 13.7. The van der Waals surface area contributed by atoms with Gasteiger partial charge >= 0.3 is 0 Å². The van der Waals surface area contributed by atoms with E-state index in [0.717, 1.165) is 5.56 Å². The minimum Gasteiger partial charge on any atom is -0.348 e. The summed E-state index contributed by atoms with van der Waals surface area (Å²) in [6.07, 6.45) is 3.30. The molecule has 0 bridgehead atoms. The Morgan fingerprint density at radius 2 is 2.00 bits per heavy atom. The second kappa shape index (κ2) is 5.40. The Balaban J connectivity index is 2.07. The van der Waals surface area contributed by atoms with Crippen LogP contribution in [0.5, 0.6) is 0 Å². The molecule has 1 N–H and O–H groups in total. The van der Waals surface area contributed by atoms with Crippen LogP contribution in [0.4, 0.5) is 4.39 Å². The summed E-state index contributed by atoms with van der Waals surface area (Å²) < 4.78 is 13.7. The molecule has 0 aliphatic rings. The SMILES string of the molecule is Cc1cccc(C(=O)NCc2ccncc2)c1F. The third-order valence-corrected chi connectivity index (χ3v) is 2.64. The van der Waals surface area contributed by atoms with E-state index in [2.05, 4.69) is 10.3 Å². The summed E-state index contributed by atoms with van der Waals surface area (Å²) in [6.45, 7) is 1.99. The summed E-state index contributed by atoms with van der Waals surface area (Å²) >= 11 is 0. The van der Waals surface area contributed by atoms with E-state index in [-0.39, 0.29) is 5.56 Å². The van der Waals surface area contributed by atoms with Gasteiger partial charge in [-0.25, -0.2) is 4.39 Å². The molecule has 2 rings (SSSR count). The van der Waals surface area contributed by atoms with E-state index < -0.39 is 11.7 Å². The number of aromatic nitrogens is 1. The van der Waals surface area contributed by atoms with Gasteiger partial charge < -0.3 is 5.32 Å². The number of aryl methyl sites for hydroxylation is 1. The van der Waals surface area contributed by atoms with Crippen molar-refractivity contribution in [3.63, 3.8) is 0 Å². The second-order valence-electron chi connectivity index (χ2n) is 3.97. The van der Waals surface area contributed by atoms with Crippen LogP contribution in [0.1, 0.15) is 21.5 Å². The Hall–Kier alpha value is -2.23. The average molecular weight is 244 g/mol. The van der Waals surface area contributed by atoms with Gasteiger partial charge in [0.05, 0.1) is 5.56 Å². The Kier molecular flexibility index (Phi) is 3.67. The average Bonchev–Trinajstić information content (AvgIpc) is 2.40. The molecular formula is C14H13FN2O. The zero-order chi connectivity index (χ0) is 13.0. The van der Waals surface area contributed by atoms with Crippen LogP contribution in [0.15, 0.2) is 42.7 Å². The van der Waals surface area contributed by atoms with Crippen LogP contribution in [-0.4, -0.2) is 10.9 Å². The number of carbonyl (C=O) groups is 1. The molecule has 0 spiro atoms. The highest BCUT2D eigenvalue weighted by molar-refractivity contribution is 5.94. The largest absolute Gasteiger partial charge is 0.348 e. The summed E-state index contributed by atoms with van der Waals surface area (Å²) in [5.41, 5.74) is 1.46. The lowest BCUT2D eigenvalue weighted by Gasteiger charge is -2.07. The topological polar surface area (TPSA) is 42.0 Å². The van der Waals surface area contributed by atoms with Crippen molar-refractivity contribution in [3.8, 4) is 0 Å². The normalized spacial score (nSPS) is 10.1. The summed E-state index contributed by atoms with van der Waals surface area (Å²) in [5.74, 6) is -0.877. The molecule has 4 heteroatoms. The number of amides is 1. The molecule has 0 saturated heterocycles. The summed E-state index contributed by atoms with van der Waals surface area (Å²) in [5, 5.41) is 2.68. The Labute approximate surface area is 105 Å². The monoisotopic (exact) mass is 244 g/mol. The van der Waals surface area contributed by atoms with Crippen LogP contribution < -0.4 is 5.32 Å². The molecular weight excluding hydrogens is 231 g/mol. The first-order valence-electron chi connectivity index (χ1n) is 5.60. The molecule has 3 nitrogen and oxygen atoms in total. The van der Waals surface area contributed by atoms with Crippen molar-refractivity contribution in [3.05, 3.63) is 65.2 Å². The number of hydrogen-bond acceptors (Lipinski definition) is 2. The standard InChI is InChI=1S/C14H13FN2O/c1-10-3-2-4-12(13(10)15)14(18)17-9-11-5-7-16-8-6-11/h2-8H,9H2,1H3,(H,17,18). The number of benzene rings is 1. The first kappa shape index (κ1) is 12.2. The molecule has 1 aromatic heterocycles. The van der Waals surface area contributed by atoms with Crippen molar-refractivity contribution in [1.29, 1.82) is 0 Å². The van der Waals surface area contributed by atoms with Crippen molar-refractivity contribution >= 4 is 5.91 Å². The maximum Gasteiger partial charge on any atom is 0.254 e. The number of rotatable bonds is 3. The van der Waals surface area contributed by atoms with Crippen LogP contribution in [0.25, 0.3) is 0 Å². The molecule has 0 atom stereocenters. The number of halogens is 1. The fourth-order valence-electron chi connectivity index (χ4n) is 1.60. The van der Waals surface area contributed by atoms with Gasteiger partial charge in [-0.1, -0.05) is 12.1 Å². The van der Waals surface area contributed by atoms with E-state index in [4.69, 9.17) is 0 Å². The van der Waals surface area contributed by atoms with Gasteiger partial charge in [-0.3, -0.25) is 9.78 Å². The molecule has 0 aliphatic heterocycles. The third kappa shape index (κ3) is 2.71. The molecule has 0 radical (unpaired) electrons. The minimum absolute atomic E-state index is 0.0732. The Morgan fingerprint density at radius 1 is 1.28 bits per heavy atom. The van der Waals surface area contributed by atoms with Crippen LogP contribution in [-0.2, 0) is 6.54 Å². The number of pyridine rings is 1. The van der Waals surface area contributed by atoms with Crippen molar-refractivity contribution in [2.45, 2.75) is 13.5 Å². The van der Waals surface area contributed by atoms with Gasteiger partial charge in [0.2, 0.25) is 0 Å². The zero-order valence-corrected chi connectivity index (χ0v) is 9.98. The van der Waals surface area contributed by atoms with Gasteiger partial charge in [0.1, 0.15) is 5.82 Å². The van der Waals surface area contributed by atoms with Gasteiger partial charge in [0.25, 0.3) is 5.91 Å². The lowest BCUT2D eigenvalue weighted by molar-refractivity contribution is 0.0946. The van der Waals surface area contributed by atoms with E-state index in [0.29, 0.717) is 12.1 Å². The molecule has 0 saturated carbocycles. The predicted octanol–water partition coefficient (Wildman–Crippen LogP) is 2.46. The number of carbonyl (C=O) groups excluding carboxylic acids is 1. The van der Waals surface area contributed by atoms with Crippen LogP contribution >= 0.6 is 0 Å². The molecule has 18 heavy (non-hydrogen) atoms. The fraction of sp³-hybridized carbons (Fsp3) is 0.143. The zero-order valence-electron chi connectivity index (χ0n) is 9.98. The van der Waals surface area contributed by atoms with E-state index in [9.17, 15) is 9.18 Å². The van der Waals surface area contributed by atoms with E-state index in [1.54, 1.807) is 43.6 Å². The number of hydrogen-bond donors (Lipinski definition) is 1. The molecule has 1 aromatic carbocycles. The lowest BCUT2D eigenvalue weighted by atomic mass is 10.1. The summed E-state index contributed by atoms with van der Waals surface area (Å²) in [4.78, 5) is 15.7. The van der Waals surface area contributed by atoms with Gasteiger partial charge in [-0.05, 0) is 36.2 Å². The van der Waals surface area contributed by atoms with Gasteiger partial charge in [-0.15, -0.1) is 0 Å².